The molecule has 0 radical (unpaired) electrons. The fourth-order valence-electron chi connectivity index (χ4n) is 11.7. The number of thiophene rings is 1. The van der Waals surface area contributed by atoms with Gasteiger partial charge in [0.2, 0.25) is 0 Å². The summed E-state index contributed by atoms with van der Waals surface area (Å²) in [5.74, 6) is -0.0242. The molecule has 12 aromatic rings. The normalized spacial score (nSPS) is 13.4. The minimum atomic E-state index is -0.486. The van der Waals surface area contributed by atoms with Gasteiger partial charge in [-0.05, 0) is 139 Å². The van der Waals surface area contributed by atoms with Gasteiger partial charge in [-0.3, -0.25) is 0 Å². The first-order valence-corrected chi connectivity index (χ1v) is 25.2. The zero-order valence-electron chi connectivity index (χ0n) is 37.4. The molecule has 0 fully saturated rings. The SMILES string of the molecule is c1ccc2c(c#1)Sc1ccccc1C21c2ccccc2-c2c(C(c3ccccc3)c3ccc4sc5ccc(-c6ccc(N(c7ccccc7)c7ccccc7)c7ccccc67)cc5c4c3)cccc21. The lowest BCUT2D eigenvalue weighted by atomic mass is 9.67. The Morgan fingerprint density at radius 3 is 1.88 bits per heavy atom. The molecule has 1 aromatic heterocycles. The quantitative estimate of drug-likeness (QED) is 0.147. The van der Waals surface area contributed by atoms with E-state index in [9.17, 15) is 0 Å². The maximum atomic E-state index is 3.54. The molecule has 3 heteroatoms. The van der Waals surface area contributed by atoms with Crippen LogP contribution in [0.5, 0.6) is 0 Å². The zero-order chi connectivity index (χ0) is 45.5. The highest BCUT2D eigenvalue weighted by Gasteiger charge is 2.51. The summed E-state index contributed by atoms with van der Waals surface area (Å²) in [7, 11) is 0. The van der Waals surface area contributed by atoms with E-state index in [1.165, 1.54) is 97.0 Å². The predicted octanol–water partition coefficient (Wildman–Crippen LogP) is 18.0. The van der Waals surface area contributed by atoms with Gasteiger partial charge in [0.15, 0.2) is 0 Å². The Kier molecular flexibility index (Phi) is 9.27. The van der Waals surface area contributed by atoms with Crippen LogP contribution in [0.4, 0.5) is 17.1 Å². The summed E-state index contributed by atoms with van der Waals surface area (Å²) in [4.78, 5) is 4.78. The molecule has 2 heterocycles. The molecule has 2 aliphatic rings. The number of hydrogen-bond donors (Lipinski definition) is 0. The van der Waals surface area contributed by atoms with Crippen LogP contribution in [-0.2, 0) is 5.41 Å². The van der Waals surface area contributed by atoms with E-state index in [1.54, 1.807) is 0 Å². The van der Waals surface area contributed by atoms with Crippen molar-refractivity contribution in [2.75, 3.05) is 4.90 Å². The van der Waals surface area contributed by atoms with Gasteiger partial charge in [0, 0.05) is 47.7 Å². The largest absolute Gasteiger partial charge is 0.310 e. The third-order valence-electron chi connectivity index (χ3n) is 14.5. The van der Waals surface area contributed by atoms with Crippen molar-refractivity contribution in [2.24, 2.45) is 0 Å². The van der Waals surface area contributed by atoms with E-state index >= 15 is 0 Å². The lowest BCUT2D eigenvalue weighted by Gasteiger charge is -2.39. The van der Waals surface area contributed by atoms with Crippen LogP contribution in [0.25, 0.3) is 53.2 Å². The molecular weight excluding hydrogens is 871 g/mol. The average molecular weight is 912 g/mol. The molecule has 2 unspecified atom stereocenters. The van der Waals surface area contributed by atoms with Crippen LogP contribution in [0.3, 0.4) is 0 Å². The van der Waals surface area contributed by atoms with Crippen molar-refractivity contribution in [1.29, 1.82) is 0 Å². The van der Waals surface area contributed by atoms with Gasteiger partial charge < -0.3 is 4.90 Å². The van der Waals surface area contributed by atoms with Crippen molar-refractivity contribution in [3.8, 4) is 22.3 Å². The summed E-state index contributed by atoms with van der Waals surface area (Å²) >= 11 is 3.69. The highest BCUT2D eigenvalue weighted by atomic mass is 32.2. The van der Waals surface area contributed by atoms with Crippen molar-refractivity contribution in [3.63, 3.8) is 0 Å². The van der Waals surface area contributed by atoms with Gasteiger partial charge in [0.25, 0.3) is 0 Å². The molecule has 1 aliphatic carbocycles. The first kappa shape index (κ1) is 40.0. The number of nitrogens with zero attached hydrogens (tertiary/aromatic N) is 1. The lowest BCUT2D eigenvalue weighted by Crippen LogP contribution is -2.31. The van der Waals surface area contributed by atoms with Crippen molar-refractivity contribution < 1.29 is 0 Å². The van der Waals surface area contributed by atoms with Crippen molar-refractivity contribution in [3.05, 3.63) is 294 Å². The fraction of sp³-hybridized carbons (Fsp3) is 0.0303. The highest BCUT2D eigenvalue weighted by Crippen LogP contribution is 2.63. The monoisotopic (exact) mass is 911 g/mol. The van der Waals surface area contributed by atoms with Gasteiger partial charge in [-0.15, -0.1) is 11.3 Å². The van der Waals surface area contributed by atoms with Crippen LogP contribution in [-0.4, -0.2) is 0 Å². The van der Waals surface area contributed by atoms with Crippen LogP contribution < -0.4 is 4.90 Å². The van der Waals surface area contributed by atoms with Gasteiger partial charge in [0.05, 0.1) is 16.0 Å². The number of benzene rings is 10. The molecule has 0 amide bonds. The topological polar surface area (TPSA) is 3.24 Å². The smallest absolute Gasteiger partial charge is 0.0742 e. The summed E-state index contributed by atoms with van der Waals surface area (Å²) in [6.07, 6.45) is 0. The lowest BCUT2D eigenvalue weighted by molar-refractivity contribution is 0.722. The number of hydrogen-bond acceptors (Lipinski definition) is 3. The van der Waals surface area contributed by atoms with E-state index in [0.717, 1.165) is 22.0 Å². The standard InChI is InChI=1S/C66H41NS2/c1-4-19-43(20-5-1)64(52-28-18-32-58-65(52)51-27-12-13-29-55(51)66(58)56-30-14-16-33-62(56)69-63-34-17-15-31-57(63)66)45-36-40-61-54(42-45)53-41-44(35-39-60(53)68-61)48-37-38-59(50-26-11-10-25-49(48)50)67(46-21-6-2-7-22-46)47-23-8-3-9-24-47/h1-16,18-33,35-42,64H. The summed E-state index contributed by atoms with van der Waals surface area (Å²) in [6.45, 7) is 0. The highest BCUT2D eigenvalue weighted by molar-refractivity contribution is 7.99. The molecule has 0 N–H and O–H groups in total. The molecule has 69 heavy (non-hydrogen) atoms. The van der Waals surface area contributed by atoms with Gasteiger partial charge >= 0.3 is 0 Å². The van der Waals surface area contributed by atoms with E-state index in [4.69, 9.17) is 0 Å². The van der Waals surface area contributed by atoms with E-state index in [2.05, 4.69) is 254 Å². The fourth-order valence-corrected chi connectivity index (χ4v) is 13.9. The Morgan fingerprint density at radius 1 is 0.435 bits per heavy atom. The molecule has 1 nitrogen and oxygen atoms in total. The Bertz CT molecular complexity index is 3860. The molecule has 14 rings (SSSR count). The number of anilines is 3. The molecule has 11 aromatic carbocycles. The zero-order valence-corrected chi connectivity index (χ0v) is 39.1. The van der Waals surface area contributed by atoms with Crippen molar-refractivity contribution in [1.82, 2.24) is 0 Å². The van der Waals surface area contributed by atoms with Crippen LogP contribution in [0.1, 0.15) is 44.9 Å². The Labute approximate surface area is 410 Å². The summed E-state index contributed by atoms with van der Waals surface area (Å²) < 4.78 is 2.59. The maximum Gasteiger partial charge on any atom is 0.0742 e. The van der Waals surface area contributed by atoms with Gasteiger partial charge in [-0.25, -0.2) is 0 Å². The first-order valence-electron chi connectivity index (χ1n) is 23.6. The van der Waals surface area contributed by atoms with Crippen LogP contribution in [0.2, 0.25) is 0 Å². The molecule has 0 saturated carbocycles. The summed E-state index contributed by atoms with van der Waals surface area (Å²) in [5, 5.41) is 5.01. The number of para-hydroxylation sites is 2. The molecule has 322 valence electrons. The van der Waals surface area contributed by atoms with E-state index in [-0.39, 0.29) is 5.92 Å². The van der Waals surface area contributed by atoms with E-state index in [1.807, 2.05) is 29.2 Å². The minimum absolute atomic E-state index is 0.0242. The Morgan fingerprint density at radius 2 is 1.09 bits per heavy atom. The molecule has 0 saturated heterocycles. The van der Waals surface area contributed by atoms with Crippen LogP contribution >= 0.6 is 23.1 Å². The van der Waals surface area contributed by atoms with Crippen molar-refractivity contribution in [2.45, 2.75) is 21.1 Å². The van der Waals surface area contributed by atoms with E-state index in [0.29, 0.717) is 0 Å². The third-order valence-corrected chi connectivity index (χ3v) is 16.8. The molecular formula is C66H41NS2. The third kappa shape index (κ3) is 6.13. The second-order valence-electron chi connectivity index (χ2n) is 18.1. The van der Waals surface area contributed by atoms with Crippen LogP contribution in [0.15, 0.2) is 252 Å². The molecule has 2 atom stereocenters. The molecule has 0 bridgehead atoms. The number of fused-ring (bicyclic) bond motifs is 13. The second-order valence-corrected chi connectivity index (χ2v) is 20.2. The van der Waals surface area contributed by atoms with Gasteiger partial charge in [-0.1, -0.05) is 194 Å². The summed E-state index contributed by atoms with van der Waals surface area (Å²) in [6, 6.07) is 96.7. The maximum absolute atomic E-state index is 3.54. The Balaban J connectivity index is 0.947. The van der Waals surface area contributed by atoms with Crippen LogP contribution in [0, 0.1) is 12.1 Å². The minimum Gasteiger partial charge on any atom is -0.310 e. The Hall–Kier alpha value is -8.13. The summed E-state index contributed by atoms with van der Waals surface area (Å²) in [5.41, 5.74) is 17.1. The predicted molar refractivity (Wildman–Crippen MR) is 290 cm³/mol. The number of rotatable bonds is 7. The van der Waals surface area contributed by atoms with Gasteiger partial charge in [0.1, 0.15) is 0 Å². The molecule has 1 spiro atoms. The van der Waals surface area contributed by atoms with Gasteiger partial charge in [-0.2, -0.15) is 0 Å². The van der Waals surface area contributed by atoms with Crippen molar-refractivity contribution >= 4 is 71.1 Å². The first-order chi connectivity index (χ1) is 34.2. The average Bonchev–Trinajstić information content (AvgIpc) is 3.93. The second kappa shape index (κ2) is 16.0. The molecule has 1 aliphatic heterocycles. The van der Waals surface area contributed by atoms with E-state index < -0.39 is 5.41 Å².